The SMILES string of the molecule is COCCNC(=O)c1cn(-c2ccccc2)nc1-c1ccccc1C. The zero-order chi connectivity index (χ0) is 17.6. The van der Waals surface area contributed by atoms with Crippen LogP contribution in [0.1, 0.15) is 15.9 Å². The van der Waals surface area contributed by atoms with Crippen molar-refractivity contribution in [1.82, 2.24) is 15.1 Å². The van der Waals surface area contributed by atoms with Crippen LogP contribution in [0.2, 0.25) is 0 Å². The van der Waals surface area contributed by atoms with Crippen molar-refractivity contribution in [3.05, 3.63) is 71.9 Å². The van der Waals surface area contributed by atoms with Crippen molar-refractivity contribution in [2.45, 2.75) is 6.92 Å². The van der Waals surface area contributed by atoms with Gasteiger partial charge in [-0.2, -0.15) is 5.10 Å². The molecule has 0 aliphatic carbocycles. The first kappa shape index (κ1) is 16.9. The van der Waals surface area contributed by atoms with E-state index in [2.05, 4.69) is 10.4 Å². The summed E-state index contributed by atoms with van der Waals surface area (Å²) in [5.74, 6) is -0.155. The van der Waals surface area contributed by atoms with E-state index in [0.717, 1.165) is 16.8 Å². The second-order valence-electron chi connectivity index (χ2n) is 5.74. The molecule has 0 radical (unpaired) electrons. The van der Waals surface area contributed by atoms with Crippen LogP contribution in [-0.4, -0.2) is 35.9 Å². The number of hydrogen-bond donors (Lipinski definition) is 1. The van der Waals surface area contributed by atoms with Crippen molar-refractivity contribution < 1.29 is 9.53 Å². The summed E-state index contributed by atoms with van der Waals surface area (Å²) in [6, 6.07) is 17.7. The predicted molar refractivity (Wildman–Crippen MR) is 97.9 cm³/mol. The molecule has 0 aliphatic heterocycles. The van der Waals surface area contributed by atoms with Crippen LogP contribution in [0.25, 0.3) is 16.9 Å². The van der Waals surface area contributed by atoms with Crippen molar-refractivity contribution in [3.8, 4) is 16.9 Å². The Balaban J connectivity index is 2.04. The molecule has 1 amide bonds. The summed E-state index contributed by atoms with van der Waals surface area (Å²) >= 11 is 0. The van der Waals surface area contributed by atoms with Crippen LogP contribution < -0.4 is 5.32 Å². The summed E-state index contributed by atoms with van der Waals surface area (Å²) in [5.41, 5.74) is 4.17. The molecule has 5 nitrogen and oxygen atoms in total. The van der Waals surface area contributed by atoms with E-state index in [4.69, 9.17) is 4.74 Å². The van der Waals surface area contributed by atoms with Crippen LogP contribution in [-0.2, 0) is 4.74 Å². The fourth-order valence-corrected chi connectivity index (χ4v) is 2.65. The number of para-hydroxylation sites is 1. The lowest BCUT2D eigenvalue weighted by molar-refractivity contribution is 0.0937. The van der Waals surface area contributed by atoms with E-state index in [1.54, 1.807) is 18.0 Å². The fraction of sp³-hybridized carbons (Fsp3) is 0.200. The van der Waals surface area contributed by atoms with Gasteiger partial charge in [0.05, 0.1) is 17.9 Å². The summed E-state index contributed by atoms with van der Waals surface area (Å²) in [6.45, 7) is 2.95. The number of nitrogens with one attached hydrogen (secondary N) is 1. The molecule has 0 bridgehead atoms. The third-order valence-electron chi connectivity index (χ3n) is 3.97. The average Bonchev–Trinajstić information content (AvgIpc) is 3.08. The Kier molecular flexibility index (Phi) is 5.26. The smallest absolute Gasteiger partial charge is 0.255 e. The van der Waals surface area contributed by atoms with E-state index in [1.165, 1.54) is 0 Å². The maximum absolute atomic E-state index is 12.6. The Hall–Kier alpha value is -2.92. The van der Waals surface area contributed by atoms with Crippen LogP contribution in [0, 0.1) is 6.92 Å². The lowest BCUT2D eigenvalue weighted by Crippen LogP contribution is -2.27. The molecule has 5 heteroatoms. The molecular weight excluding hydrogens is 314 g/mol. The van der Waals surface area contributed by atoms with Gasteiger partial charge in [-0.05, 0) is 24.6 Å². The van der Waals surface area contributed by atoms with Crippen LogP contribution in [0.3, 0.4) is 0 Å². The second kappa shape index (κ2) is 7.77. The summed E-state index contributed by atoms with van der Waals surface area (Å²) in [5, 5.41) is 7.56. The maximum Gasteiger partial charge on any atom is 0.255 e. The number of benzene rings is 2. The Labute approximate surface area is 147 Å². The first-order valence-corrected chi connectivity index (χ1v) is 8.19. The van der Waals surface area contributed by atoms with Crippen molar-refractivity contribution in [2.75, 3.05) is 20.3 Å². The third kappa shape index (κ3) is 3.78. The monoisotopic (exact) mass is 335 g/mol. The predicted octanol–water partition coefficient (Wildman–Crippen LogP) is 3.22. The Bertz CT molecular complexity index is 856. The van der Waals surface area contributed by atoms with Crippen molar-refractivity contribution in [2.24, 2.45) is 0 Å². The zero-order valence-corrected chi connectivity index (χ0v) is 14.4. The summed E-state index contributed by atoms with van der Waals surface area (Å²) < 4.78 is 6.74. The van der Waals surface area contributed by atoms with Crippen LogP contribution in [0.5, 0.6) is 0 Å². The molecule has 25 heavy (non-hydrogen) atoms. The van der Waals surface area contributed by atoms with Crippen molar-refractivity contribution in [1.29, 1.82) is 0 Å². The minimum absolute atomic E-state index is 0.155. The molecular formula is C20H21N3O2. The highest BCUT2D eigenvalue weighted by Gasteiger charge is 2.19. The number of aromatic nitrogens is 2. The van der Waals surface area contributed by atoms with E-state index in [0.29, 0.717) is 24.4 Å². The number of methoxy groups -OCH3 is 1. The highest BCUT2D eigenvalue weighted by Crippen LogP contribution is 2.26. The minimum Gasteiger partial charge on any atom is -0.383 e. The minimum atomic E-state index is -0.155. The highest BCUT2D eigenvalue weighted by molar-refractivity contribution is 6.00. The first-order valence-electron chi connectivity index (χ1n) is 8.19. The topological polar surface area (TPSA) is 56.1 Å². The summed E-state index contributed by atoms with van der Waals surface area (Å²) in [7, 11) is 1.61. The Morgan fingerprint density at radius 3 is 2.56 bits per heavy atom. The summed E-state index contributed by atoms with van der Waals surface area (Å²) in [6.07, 6.45) is 1.78. The Morgan fingerprint density at radius 1 is 1.12 bits per heavy atom. The number of hydrogen-bond acceptors (Lipinski definition) is 3. The Morgan fingerprint density at radius 2 is 1.84 bits per heavy atom. The normalized spacial score (nSPS) is 10.6. The number of aryl methyl sites for hydroxylation is 1. The molecule has 1 aromatic heterocycles. The van der Waals surface area contributed by atoms with Crippen molar-refractivity contribution in [3.63, 3.8) is 0 Å². The van der Waals surface area contributed by atoms with Gasteiger partial charge in [0.2, 0.25) is 0 Å². The molecule has 2 aromatic carbocycles. The maximum atomic E-state index is 12.6. The van der Waals surface area contributed by atoms with Gasteiger partial charge in [0.1, 0.15) is 5.69 Å². The van der Waals surface area contributed by atoms with E-state index in [9.17, 15) is 4.79 Å². The van der Waals surface area contributed by atoms with Crippen LogP contribution >= 0.6 is 0 Å². The van der Waals surface area contributed by atoms with Gasteiger partial charge in [-0.15, -0.1) is 0 Å². The highest BCUT2D eigenvalue weighted by atomic mass is 16.5. The van der Waals surface area contributed by atoms with E-state index in [-0.39, 0.29) is 5.91 Å². The molecule has 128 valence electrons. The van der Waals surface area contributed by atoms with Gasteiger partial charge in [-0.25, -0.2) is 4.68 Å². The van der Waals surface area contributed by atoms with Gasteiger partial charge >= 0.3 is 0 Å². The number of carbonyl (C=O) groups excluding carboxylic acids is 1. The molecule has 0 aliphatic rings. The molecule has 0 atom stereocenters. The number of ether oxygens (including phenoxy) is 1. The lowest BCUT2D eigenvalue weighted by Gasteiger charge is -2.06. The molecule has 0 saturated heterocycles. The summed E-state index contributed by atoms with van der Waals surface area (Å²) in [4.78, 5) is 12.6. The van der Waals surface area contributed by atoms with Gasteiger partial charge in [0.15, 0.2) is 0 Å². The molecule has 3 rings (SSSR count). The quantitative estimate of drug-likeness (QED) is 0.704. The third-order valence-corrected chi connectivity index (χ3v) is 3.97. The van der Waals surface area contributed by atoms with Crippen LogP contribution in [0.15, 0.2) is 60.8 Å². The van der Waals surface area contributed by atoms with E-state index < -0.39 is 0 Å². The largest absolute Gasteiger partial charge is 0.383 e. The van der Waals surface area contributed by atoms with Crippen LogP contribution in [0.4, 0.5) is 0 Å². The molecule has 1 heterocycles. The van der Waals surface area contributed by atoms with E-state index in [1.807, 2.05) is 61.5 Å². The lowest BCUT2D eigenvalue weighted by atomic mass is 10.0. The molecule has 0 unspecified atom stereocenters. The molecule has 0 fully saturated rings. The molecule has 0 spiro atoms. The number of rotatable bonds is 6. The fourth-order valence-electron chi connectivity index (χ4n) is 2.65. The van der Waals surface area contributed by atoms with Crippen molar-refractivity contribution >= 4 is 5.91 Å². The van der Waals surface area contributed by atoms with Gasteiger partial charge in [-0.3, -0.25) is 4.79 Å². The average molecular weight is 335 g/mol. The standard InChI is InChI=1S/C20H21N3O2/c1-15-8-6-7-11-17(15)19-18(20(24)21-12-13-25-2)14-23(22-19)16-9-4-3-5-10-16/h3-11,14H,12-13H2,1-2H3,(H,21,24). The number of carbonyl (C=O) groups is 1. The zero-order valence-electron chi connectivity index (χ0n) is 14.4. The van der Waals surface area contributed by atoms with E-state index >= 15 is 0 Å². The van der Waals surface area contributed by atoms with Gasteiger partial charge < -0.3 is 10.1 Å². The van der Waals surface area contributed by atoms with Gasteiger partial charge in [0, 0.05) is 25.4 Å². The first-order chi connectivity index (χ1) is 12.2. The molecule has 3 aromatic rings. The molecule has 0 saturated carbocycles. The van der Waals surface area contributed by atoms with Gasteiger partial charge in [0.25, 0.3) is 5.91 Å². The number of nitrogens with zero attached hydrogens (tertiary/aromatic N) is 2. The second-order valence-corrected chi connectivity index (χ2v) is 5.74. The molecule has 1 N–H and O–H groups in total. The number of amides is 1. The van der Waals surface area contributed by atoms with Gasteiger partial charge in [-0.1, -0.05) is 42.5 Å².